The minimum absolute atomic E-state index is 0.0499. The zero-order chi connectivity index (χ0) is 34.1. The molecule has 12 nitrogen and oxygen atoms in total. The highest BCUT2D eigenvalue weighted by atomic mass is 16.7. The Morgan fingerprint density at radius 3 is 2.46 bits per heavy atom. The number of imidazole rings is 1. The Balaban J connectivity index is 1.42. The van der Waals surface area contributed by atoms with Crippen molar-refractivity contribution in [3.8, 4) is 0 Å². The largest absolute Gasteiger partial charge is 0.438 e. The second-order valence-corrected chi connectivity index (χ2v) is 14.3. The van der Waals surface area contributed by atoms with Gasteiger partial charge in [-0.05, 0) is 51.0 Å². The van der Waals surface area contributed by atoms with E-state index in [9.17, 15) is 19.5 Å². The van der Waals surface area contributed by atoms with Crippen molar-refractivity contribution in [3.63, 3.8) is 0 Å². The average molecular weight is 668 g/mol. The summed E-state index contributed by atoms with van der Waals surface area (Å²) >= 11 is 0. The van der Waals surface area contributed by atoms with Crippen LogP contribution in [0.25, 0.3) is 0 Å². The van der Waals surface area contributed by atoms with Crippen LogP contribution in [0.2, 0.25) is 0 Å². The van der Waals surface area contributed by atoms with E-state index in [2.05, 4.69) is 15.3 Å². The molecule has 5 N–H and O–H groups in total. The zero-order valence-corrected chi connectivity index (χ0v) is 28.4. The van der Waals surface area contributed by atoms with Crippen molar-refractivity contribution in [2.75, 3.05) is 19.9 Å². The molecule has 2 saturated heterocycles. The molecule has 1 saturated carbocycles. The van der Waals surface area contributed by atoms with Gasteiger partial charge in [0.2, 0.25) is 11.7 Å². The molecule has 12 heteroatoms. The quantitative estimate of drug-likeness (QED) is 0.219. The van der Waals surface area contributed by atoms with Gasteiger partial charge in [0.15, 0.2) is 11.6 Å². The van der Waals surface area contributed by atoms with E-state index in [0.29, 0.717) is 31.1 Å². The molecule has 48 heavy (non-hydrogen) atoms. The van der Waals surface area contributed by atoms with Crippen molar-refractivity contribution in [1.82, 2.24) is 20.2 Å². The first kappa shape index (κ1) is 36.0. The second kappa shape index (κ2) is 16.4. The standard InChI is InChI=1S/C36H53N5O7/c1-35(2)31(46-24-47-35)20-29(42)28(18-25-12-6-3-7-13-25)40-33(44)36(37,21-27-22-38-23-39-27)32(43)30(19-26-14-8-4-9-15-26)48-34(45)41-16-10-5-11-17-41/h4,8-9,14-15,22-23,25,28-31,42H,3,5-7,10-13,16-21,24,37H2,1-2H3,(H,38,39)(H,40,44)/t28-,29-,30-,31-,36+/m0/s1. The number of amides is 2. The van der Waals surface area contributed by atoms with Gasteiger partial charge in [-0.1, -0.05) is 62.4 Å². The predicted octanol–water partition coefficient (Wildman–Crippen LogP) is 3.81. The van der Waals surface area contributed by atoms with Gasteiger partial charge in [-0.3, -0.25) is 9.59 Å². The lowest BCUT2D eigenvalue weighted by Crippen LogP contribution is -2.66. The molecule has 2 amide bonds. The first-order valence-electron chi connectivity index (χ1n) is 17.6. The van der Waals surface area contributed by atoms with Crippen LogP contribution in [-0.2, 0) is 36.6 Å². The minimum Gasteiger partial charge on any atom is -0.438 e. The summed E-state index contributed by atoms with van der Waals surface area (Å²) in [6.45, 7) is 5.04. The third-order valence-corrected chi connectivity index (χ3v) is 10.3. The highest BCUT2D eigenvalue weighted by Crippen LogP contribution is 2.32. The maximum atomic E-state index is 14.6. The zero-order valence-electron chi connectivity index (χ0n) is 28.4. The molecule has 0 unspecified atom stereocenters. The number of nitrogens with one attached hydrogen (secondary N) is 2. The summed E-state index contributed by atoms with van der Waals surface area (Å²) < 4.78 is 17.4. The van der Waals surface area contributed by atoms with Crippen LogP contribution >= 0.6 is 0 Å². The van der Waals surface area contributed by atoms with Crippen molar-refractivity contribution in [2.45, 2.75) is 126 Å². The molecule has 3 aliphatic rings. The average Bonchev–Trinajstić information content (AvgIpc) is 3.73. The van der Waals surface area contributed by atoms with E-state index in [1.807, 2.05) is 44.2 Å². The Morgan fingerprint density at radius 2 is 1.81 bits per heavy atom. The molecule has 1 aromatic carbocycles. The van der Waals surface area contributed by atoms with Gasteiger partial charge in [-0.15, -0.1) is 0 Å². The smallest absolute Gasteiger partial charge is 0.410 e. The molecule has 1 aromatic heterocycles. The summed E-state index contributed by atoms with van der Waals surface area (Å²) in [7, 11) is 0. The molecule has 264 valence electrons. The first-order valence-corrected chi connectivity index (χ1v) is 17.6. The van der Waals surface area contributed by atoms with Crippen LogP contribution in [0.3, 0.4) is 0 Å². The number of Topliss-reactive ketones (excluding diaryl/α,β-unsaturated/α-hetero) is 1. The summed E-state index contributed by atoms with van der Waals surface area (Å²) in [4.78, 5) is 51.2. The Kier molecular flexibility index (Phi) is 12.3. The van der Waals surface area contributed by atoms with Crippen molar-refractivity contribution < 1.29 is 33.7 Å². The number of carbonyl (C=O) groups is 3. The molecule has 2 aromatic rings. The van der Waals surface area contributed by atoms with Crippen LogP contribution in [0.4, 0.5) is 4.79 Å². The van der Waals surface area contributed by atoms with E-state index in [-0.39, 0.29) is 32.2 Å². The van der Waals surface area contributed by atoms with Gasteiger partial charge in [-0.25, -0.2) is 9.78 Å². The molecule has 2 aliphatic heterocycles. The number of hydrogen-bond donors (Lipinski definition) is 4. The van der Waals surface area contributed by atoms with Gasteiger partial charge in [0.25, 0.3) is 0 Å². The SMILES string of the molecule is CC1(C)OCO[C@H]1C[C@H](O)[C@H](CC1CCCCC1)NC(=O)[C@@](N)(Cc1c[nH]cn1)C(=O)[C@H](Cc1ccccc1)OC(=O)N1CCCCC1. The molecular formula is C36H53N5O7. The maximum absolute atomic E-state index is 14.6. The maximum Gasteiger partial charge on any atom is 0.410 e. The monoisotopic (exact) mass is 667 g/mol. The lowest BCUT2D eigenvalue weighted by molar-refractivity contribution is -0.142. The van der Waals surface area contributed by atoms with Gasteiger partial charge in [0.1, 0.15) is 6.79 Å². The van der Waals surface area contributed by atoms with Crippen molar-refractivity contribution in [1.29, 1.82) is 0 Å². The Hall–Kier alpha value is -3.32. The van der Waals surface area contributed by atoms with Crippen LogP contribution in [0, 0.1) is 5.92 Å². The number of ketones is 1. The number of carbonyl (C=O) groups excluding carboxylic acids is 3. The van der Waals surface area contributed by atoms with Gasteiger partial charge in [0.05, 0.1) is 35.9 Å². The first-order chi connectivity index (χ1) is 23.0. The van der Waals surface area contributed by atoms with Gasteiger partial charge >= 0.3 is 6.09 Å². The molecule has 1 aliphatic carbocycles. The van der Waals surface area contributed by atoms with E-state index >= 15 is 0 Å². The summed E-state index contributed by atoms with van der Waals surface area (Å²) in [5.41, 5.74) is 5.33. The van der Waals surface area contributed by atoms with Crippen molar-refractivity contribution in [3.05, 3.63) is 54.1 Å². The third kappa shape index (κ3) is 9.22. The topological polar surface area (TPSA) is 169 Å². The van der Waals surface area contributed by atoms with E-state index in [1.54, 1.807) is 11.1 Å². The van der Waals surface area contributed by atoms with Crippen molar-refractivity contribution in [2.24, 2.45) is 11.7 Å². The fourth-order valence-electron chi connectivity index (χ4n) is 7.22. The molecule has 5 rings (SSSR count). The fraction of sp³-hybridized carbons (Fsp3) is 0.667. The van der Waals surface area contributed by atoms with Gasteiger partial charge < -0.3 is 40.3 Å². The Bertz CT molecular complexity index is 1330. The lowest BCUT2D eigenvalue weighted by Gasteiger charge is -2.36. The van der Waals surface area contributed by atoms with Gasteiger partial charge in [-0.2, -0.15) is 0 Å². The minimum atomic E-state index is -2.16. The number of aromatic amines is 1. The molecule has 0 radical (unpaired) electrons. The fourth-order valence-corrected chi connectivity index (χ4v) is 7.22. The number of hydrogen-bond acceptors (Lipinski definition) is 9. The number of aliphatic hydroxyl groups excluding tert-OH is 1. The van der Waals surface area contributed by atoms with Crippen LogP contribution in [0.5, 0.6) is 0 Å². The van der Waals surface area contributed by atoms with E-state index in [0.717, 1.165) is 50.5 Å². The number of rotatable bonds is 14. The number of nitrogens with two attached hydrogens (primary N) is 1. The number of H-pyrrole nitrogens is 1. The highest BCUT2D eigenvalue weighted by Gasteiger charge is 2.49. The van der Waals surface area contributed by atoms with Crippen LogP contribution < -0.4 is 11.1 Å². The summed E-state index contributed by atoms with van der Waals surface area (Å²) in [5.74, 6) is -1.17. The number of aliphatic hydroxyl groups is 1. The molecule has 5 atom stereocenters. The third-order valence-electron chi connectivity index (χ3n) is 10.3. The van der Waals surface area contributed by atoms with Crippen LogP contribution in [0.1, 0.15) is 89.3 Å². The van der Waals surface area contributed by atoms with E-state index in [4.69, 9.17) is 19.9 Å². The summed E-state index contributed by atoms with van der Waals surface area (Å²) in [5, 5.41) is 14.7. The van der Waals surface area contributed by atoms with Crippen molar-refractivity contribution >= 4 is 17.8 Å². The second-order valence-electron chi connectivity index (χ2n) is 14.3. The van der Waals surface area contributed by atoms with Crippen LogP contribution in [0.15, 0.2) is 42.9 Å². The number of benzene rings is 1. The highest BCUT2D eigenvalue weighted by molar-refractivity contribution is 6.13. The molecule has 3 fully saturated rings. The molecule has 3 heterocycles. The van der Waals surface area contributed by atoms with E-state index in [1.165, 1.54) is 12.7 Å². The Labute approximate surface area is 283 Å². The number of aromatic nitrogens is 2. The summed E-state index contributed by atoms with van der Waals surface area (Å²) in [6, 6.07) is 8.53. The number of likely N-dealkylation sites (tertiary alicyclic amines) is 1. The number of nitrogens with zero attached hydrogens (tertiary/aromatic N) is 2. The molecule has 0 spiro atoms. The molecule has 0 bridgehead atoms. The molecular weight excluding hydrogens is 614 g/mol. The number of ether oxygens (including phenoxy) is 3. The lowest BCUT2D eigenvalue weighted by atomic mass is 9.81. The Morgan fingerprint density at radius 1 is 1.10 bits per heavy atom. The normalized spacial score (nSPS) is 23.1. The summed E-state index contributed by atoms with van der Waals surface area (Å²) in [6.07, 6.45) is 8.43. The van der Waals surface area contributed by atoms with Crippen LogP contribution in [-0.4, -0.2) is 93.1 Å². The van der Waals surface area contributed by atoms with E-state index < -0.39 is 47.2 Å². The van der Waals surface area contributed by atoms with Gasteiger partial charge in [0, 0.05) is 38.5 Å². The number of piperidine rings is 1. The predicted molar refractivity (Wildman–Crippen MR) is 179 cm³/mol.